The summed E-state index contributed by atoms with van der Waals surface area (Å²) in [6.45, 7) is -0.278. The van der Waals surface area contributed by atoms with Crippen LogP contribution in [0.5, 0.6) is 0 Å². The molecule has 2 unspecified atom stereocenters. The minimum atomic E-state index is -1.21. The zero-order valence-electron chi connectivity index (χ0n) is 12.8. The Bertz CT molecular complexity index is 442. The normalized spacial score (nSPS) is 11.5. The van der Waals surface area contributed by atoms with Crippen LogP contribution in [0.2, 0.25) is 0 Å². The van der Waals surface area contributed by atoms with Crippen molar-refractivity contribution in [3.63, 3.8) is 0 Å². The summed E-state index contributed by atoms with van der Waals surface area (Å²) >= 11 is 0. The molecular formula is C11H23N5O8. The van der Waals surface area contributed by atoms with E-state index in [4.69, 9.17) is 32.5 Å². The molecule has 2 atom stereocenters. The highest BCUT2D eigenvalue weighted by Crippen LogP contribution is 1.92. The zero-order chi connectivity index (χ0) is 19.9. The summed E-state index contributed by atoms with van der Waals surface area (Å²) < 4.78 is 0. The van der Waals surface area contributed by atoms with Crippen LogP contribution in [0.25, 0.3) is 0 Å². The van der Waals surface area contributed by atoms with E-state index in [2.05, 4.69) is 11.5 Å². The van der Waals surface area contributed by atoms with E-state index in [-0.39, 0.29) is 25.8 Å². The predicted octanol–water partition coefficient (Wildman–Crippen LogP) is -4.03. The fourth-order valence-electron chi connectivity index (χ4n) is 0.725. The largest absolute Gasteiger partial charge is 0.480 e. The predicted molar refractivity (Wildman–Crippen MR) is 80.2 cm³/mol. The van der Waals surface area contributed by atoms with Crippen LogP contribution in [0.4, 0.5) is 0 Å². The molecule has 24 heavy (non-hydrogen) atoms. The summed E-state index contributed by atoms with van der Waals surface area (Å²) in [4.78, 5) is 49.3. The molecule has 2 amide bonds. The molecule has 0 aliphatic heterocycles. The van der Waals surface area contributed by atoms with Crippen LogP contribution in [-0.2, 0) is 24.0 Å². The molecule has 0 rings (SSSR count). The number of carboxylic acids is 3. The van der Waals surface area contributed by atoms with Crippen molar-refractivity contribution in [1.29, 1.82) is 0 Å². The van der Waals surface area contributed by atoms with Gasteiger partial charge in [-0.2, -0.15) is 0 Å². The monoisotopic (exact) mass is 353 g/mol. The van der Waals surface area contributed by atoms with Gasteiger partial charge in [0.1, 0.15) is 12.1 Å². The highest BCUT2D eigenvalue weighted by atomic mass is 16.4. The number of carbonyl (C=O) groups is 5. The van der Waals surface area contributed by atoms with Crippen molar-refractivity contribution in [2.75, 3.05) is 6.54 Å². The molecule has 13 nitrogen and oxygen atoms in total. The number of aliphatic carboxylic acids is 3. The van der Waals surface area contributed by atoms with E-state index in [1.165, 1.54) is 0 Å². The number of hydrogen-bond donors (Lipinski definition) is 8. The van der Waals surface area contributed by atoms with Crippen LogP contribution in [-0.4, -0.2) is 63.7 Å². The Labute approximate surface area is 136 Å². The lowest BCUT2D eigenvalue weighted by molar-refractivity contribution is -0.140. The van der Waals surface area contributed by atoms with Crippen LogP contribution < -0.4 is 28.7 Å². The SMILES string of the molecule is NC(=O)CC(N)C(=O)O.NC(=O)CCC(N)C(=O)O.NCC(=O)O. The Morgan fingerprint density at radius 2 is 1.17 bits per heavy atom. The fraction of sp³-hybridized carbons (Fsp3) is 0.545. The van der Waals surface area contributed by atoms with Crippen LogP contribution in [0.15, 0.2) is 0 Å². The molecule has 13 heteroatoms. The Balaban J connectivity index is -0.000000291. The molecule has 0 radical (unpaired) electrons. The lowest BCUT2D eigenvalue weighted by Crippen LogP contribution is -2.34. The number of primary amides is 2. The molecule has 0 saturated heterocycles. The quantitative estimate of drug-likeness (QED) is 0.208. The number of nitrogens with two attached hydrogens (primary N) is 5. The van der Waals surface area contributed by atoms with Crippen LogP contribution in [0.3, 0.4) is 0 Å². The highest BCUT2D eigenvalue weighted by molar-refractivity contribution is 5.83. The second kappa shape index (κ2) is 15.1. The van der Waals surface area contributed by atoms with Gasteiger partial charge in [-0.05, 0) is 6.42 Å². The minimum Gasteiger partial charge on any atom is -0.480 e. The highest BCUT2D eigenvalue weighted by Gasteiger charge is 2.13. The molecule has 0 bridgehead atoms. The van der Waals surface area contributed by atoms with Crippen LogP contribution in [0.1, 0.15) is 19.3 Å². The Kier molecular flexibility index (Phi) is 16.5. The van der Waals surface area contributed by atoms with Crippen molar-refractivity contribution < 1.29 is 39.3 Å². The number of rotatable bonds is 8. The van der Waals surface area contributed by atoms with E-state index >= 15 is 0 Å². The molecule has 0 aliphatic carbocycles. The maximum absolute atomic E-state index is 10.1. The maximum Gasteiger partial charge on any atom is 0.321 e. The van der Waals surface area contributed by atoms with E-state index in [9.17, 15) is 24.0 Å². The van der Waals surface area contributed by atoms with Crippen LogP contribution in [0, 0.1) is 0 Å². The third-order valence-electron chi connectivity index (χ3n) is 1.93. The molecule has 140 valence electrons. The van der Waals surface area contributed by atoms with Gasteiger partial charge in [-0.25, -0.2) is 0 Å². The number of amides is 2. The minimum absolute atomic E-state index is 0.0213. The van der Waals surface area contributed by atoms with Gasteiger partial charge >= 0.3 is 17.9 Å². The third kappa shape index (κ3) is 24.3. The van der Waals surface area contributed by atoms with Gasteiger partial charge in [-0.1, -0.05) is 0 Å². The van der Waals surface area contributed by atoms with Crippen molar-refractivity contribution in [1.82, 2.24) is 0 Å². The summed E-state index contributed by atoms with van der Waals surface area (Å²) in [7, 11) is 0. The Hall–Kier alpha value is -2.77. The second-order valence-electron chi connectivity index (χ2n) is 4.16. The third-order valence-corrected chi connectivity index (χ3v) is 1.93. The second-order valence-corrected chi connectivity index (χ2v) is 4.16. The smallest absolute Gasteiger partial charge is 0.321 e. The summed E-state index contributed by atoms with van der Waals surface area (Å²) in [5.41, 5.74) is 23.9. The molecule has 13 N–H and O–H groups in total. The number of hydrogen-bond acceptors (Lipinski definition) is 8. The van der Waals surface area contributed by atoms with Gasteiger partial charge in [0, 0.05) is 6.42 Å². The van der Waals surface area contributed by atoms with Crippen LogP contribution >= 0.6 is 0 Å². The van der Waals surface area contributed by atoms with E-state index < -0.39 is 41.8 Å². The average molecular weight is 353 g/mol. The van der Waals surface area contributed by atoms with Gasteiger partial charge < -0.3 is 44.0 Å². The molecule has 0 heterocycles. The van der Waals surface area contributed by atoms with E-state index in [1.807, 2.05) is 0 Å². The Morgan fingerprint density at radius 1 is 0.792 bits per heavy atom. The first-order valence-electron chi connectivity index (χ1n) is 6.30. The van der Waals surface area contributed by atoms with Crippen molar-refractivity contribution in [3.05, 3.63) is 0 Å². The van der Waals surface area contributed by atoms with Gasteiger partial charge in [0.25, 0.3) is 0 Å². The summed E-state index contributed by atoms with van der Waals surface area (Å²) in [5, 5.41) is 23.9. The lowest BCUT2D eigenvalue weighted by atomic mass is 10.2. The zero-order valence-corrected chi connectivity index (χ0v) is 12.8. The average Bonchev–Trinajstić information content (AvgIpc) is 2.44. The van der Waals surface area contributed by atoms with E-state index in [0.29, 0.717) is 0 Å². The number of carboxylic acid groups (broad SMARTS) is 3. The van der Waals surface area contributed by atoms with Gasteiger partial charge in [0.15, 0.2) is 0 Å². The number of carbonyl (C=O) groups excluding carboxylic acids is 2. The first-order valence-corrected chi connectivity index (χ1v) is 6.30. The lowest BCUT2D eigenvalue weighted by Gasteiger charge is -2.01. The molecular weight excluding hydrogens is 330 g/mol. The summed E-state index contributed by atoms with van der Waals surface area (Å²) in [6.07, 6.45) is -0.187. The van der Waals surface area contributed by atoms with Gasteiger partial charge in [0.05, 0.1) is 13.0 Å². The molecule has 0 aromatic carbocycles. The van der Waals surface area contributed by atoms with Gasteiger partial charge in [0.2, 0.25) is 11.8 Å². The molecule has 0 fully saturated rings. The summed E-state index contributed by atoms with van der Waals surface area (Å²) in [5.74, 6) is -4.53. The molecule has 0 aromatic heterocycles. The topological polar surface area (TPSA) is 276 Å². The molecule has 0 spiro atoms. The molecule has 0 aromatic rings. The van der Waals surface area contributed by atoms with Crippen molar-refractivity contribution in [2.24, 2.45) is 28.7 Å². The van der Waals surface area contributed by atoms with Gasteiger partial charge in [-0.3, -0.25) is 24.0 Å². The van der Waals surface area contributed by atoms with E-state index in [0.717, 1.165) is 0 Å². The van der Waals surface area contributed by atoms with E-state index in [1.54, 1.807) is 0 Å². The Morgan fingerprint density at radius 3 is 1.33 bits per heavy atom. The van der Waals surface area contributed by atoms with Crippen molar-refractivity contribution in [3.8, 4) is 0 Å². The standard InChI is InChI=1S/C5H10N2O3.C4H8N2O3.C2H5NO2/c6-3(5(9)10)1-2-4(7)8;5-2(4(8)9)1-3(6)7;3-1-2(4)5/h3H,1-2,6H2,(H2,7,8)(H,9,10);2H,1,5H2,(H2,6,7)(H,8,9);1,3H2,(H,4,5). The van der Waals surface area contributed by atoms with Crippen molar-refractivity contribution >= 4 is 29.7 Å². The maximum atomic E-state index is 10.1. The van der Waals surface area contributed by atoms with Gasteiger partial charge in [-0.15, -0.1) is 0 Å². The summed E-state index contributed by atoms with van der Waals surface area (Å²) in [6, 6.07) is -2.14. The fourth-order valence-corrected chi connectivity index (χ4v) is 0.725. The van der Waals surface area contributed by atoms with Crippen molar-refractivity contribution in [2.45, 2.75) is 31.3 Å². The first kappa shape index (κ1) is 26.1. The molecule has 0 aliphatic rings. The molecule has 0 saturated carbocycles. The first-order chi connectivity index (χ1) is 10.8.